The molecule has 0 spiro atoms. The van der Waals surface area contributed by atoms with Crippen molar-refractivity contribution in [1.82, 2.24) is 14.8 Å². The fraction of sp³-hybridized carbons (Fsp3) is 0.522. The van der Waals surface area contributed by atoms with Gasteiger partial charge in [-0.1, -0.05) is 0 Å². The molecule has 4 rings (SSSR count). The van der Waals surface area contributed by atoms with Gasteiger partial charge in [0.15, 0.2) is 16.7 Å². The van der Waals surface area contributed by atoms with Crippen LogP contribution in [0, 0.1) is 0 Å². The normalized spacial score (nSPS) is 19.3. The maximum absolute atomic E-state index is 13.4. The Kier molecular flexibility index (Phi) is 7.67. The Balaban J connectivity index is 1.42. The minimum absolute atomic E-state index is 0.0420. The van der Waals surface area contributed by atoms with Crippen LogP contribution in [-0.2, 0) is 9.47 Å². The third-order valence-electron chi connectivity index (χ3n) is 6.26. The number of carbonyl (C=O) groups is 2. The average molecular weight is 521 g/mol. The van der Waals surface area contributed by atoms with Gasteiger partial charge in [0, 0.05) is 58.7 Å². The molecule has 0 aromatic carbocycles. The highest BCUT2D eigenvalue weighted by Gasteiger charge is 2.34. The van der Waals surface area contributed by atoms with E-state index in [1.807, 2.05) is 11.0 Å². The Labute approximate surface area is 201 Å². The fourth-order valence-electron chi connectivity index (χ4n) is 4.52. The lowest BCUT2D eigenvalue weighted by Gasteiger charge is -2.39. The lowest BCUT2D eigenvalue weighted by atomic mass is 10.00. The second kappa shape index (κ2) is 10.7. The van der Waals surface area contributed by atoms with E-state index >= 15 is 0 Å². The molecular formula is C23H29BrN4O5. The van der Waals surface area contributed by atoms with Gasteiger partial charge in [-0.3, -0.25) is 9.59 Å². The van der Waals surface area contributed by atoms with Crippen molar-refractivity contribution >= 4 is 33.6 Å². The number of furan rings is 1. The molecule has 2 amide bonds. The zero-order chi connectivity index (χ0) is 23.4. The maximum Gasteiger partial charge on any atom is 0.289 e. The van der Waals surface area contributed by atoms with E-state index in [1.54, 1.807) is 43.5 Å². The summed E-state index contributed by atoms with van der Waals surface area (Å²) in [6.45, 7) is 3.03. The molecule has 9 nitrogen and oxygen atoms in total. The zero-order valence-corrected chi connectivity index (χ0v) is 20.5. The minimum Gasteiger partial charge on any atom is -0.444 e. The second-order valence-corrected chi connectivity index (χ2v) is 8.97. The van der Waals surface area contributed by atoms with Gasteiger partial charge in [0.25, 0.3) is 11.8 Å². The number of anilines is 1. The molecule has 2 aromatic rings. The molecule has 178 valence electrons. The van der Waals surface area contributed by atoms with Gasteiger partial charge in [-0.2, -0.15) is 0 Å². The molecule has 33 heavy (non-hydrogen) atoms. The molecule has 1 atom stereocenters. The Morgan fingerprint density at radius 1 is 1.06 bits per heavy atom. The summed E-state index contributed by atoms with van der Waals surface area (Å²) in [4.78, 5) is 36.2. The number of pyridine rings is 1. The highest BCUT2D eigenvalue weighted by atomic mass is 79.9. The van der Waals surface area contributed by atoms with Gasteiger partial charge in [-0.05, 0) is 59.5 Å². The van der Waals surface area contributed by atoms with Gasteiger partial charge in [0.2, 0.25) is 0 Å². The lowest BCUT2D eigenvalue weighted by molar-refractivity contribution is -0.146. The van der Waals surface area contributed by atoms with Crippen LogP contribution in [0.3, 0.4) is 0 Å². The first-order valence-corrected chi connectivity index (χ1v) is 11.9. The van der Waals surface area contributed by atoms with Crippen LogP contribution in [0.2, 0.25) is 0 Å². The number of rotatable bonds is 6. The van der Waals surface area contributed by atoms with E-state index in [0.717, 1.165) is 25.1 Å². The van der Waals surface area contributed by atoms with Crippen molar-refractivity contribution in [3.63, 3.8) is 0 Å². The van der Waals surface area contributed by atoms with Gasteiger partial charge in [-0.15, -0.1) is 0 Å². The Hall–Kier alpha value is -2.43. The number of carbonyl (C=O) groups excluding carboxylic acids is 2. The van der Waals surface area contributed by atoms with Gasteiger partial charge < -0.3 is 28.6 Å². The van der Waals surface area contributed by atoms with E-state index in [0.29, 0.717) is 48.7 Å². The number of hydrogen-bond donors (Lipinski definition) is 0. The van der Waals surface area contributed by atoms with Crippen LogP contribution in [-0.4, -0.2) is 85.9 Å². The van der Waals surface area contributed by atoms with Crippen LogP contribution in [0.25, 0.3) is 0 Å². The predicted molar refractivity (Wildman–Crippen MR) is 125 cm³/mol. The van der Waals surface area contributed by atoms with Gasteiger partial charge in [0.05, 0.1) is 6.04 Å². The third kappa shape index (κ3) is 5.23. The smallest absolute Gasteiger partial charge is 0.289 e. The molecule has 0 N–H and O–H groups in total. The molecule has 0 aliphatic carbocycles. The van der Waals surface area contributed by atoms with Crippen molar-refractivity contribution in [1.29, 1.82) is 0 Å². The van der Waals surface area contributed by atoms with Crippen molar-refractivity contribution in [2.75, 3.05) is 51.8 Å². The van der Waals surface area contributed by atoms with E-state index in [2.05, 4.69) is 25.8 Å². The number of halogens is 1. The molecule has 1 unspecified atom stereocenters. The summed E-state index contributed by atoms with van der Waals surface area (Å²) in [5.41, 5.74) is 0.594. The number of methoxy groups -OCH3 is 2. The van der Waals surface area contributed by atoms with E-state index < -0.39 is 6.29 Å². The molecule has 0 saturated carbocycles. The standard InChI is InChI=1S/C23H29BrN4O5/c1-31-23(32-2)17-5-3-4-10-28(17)21(29)16-8-9-25-20(15-16)26-11-13-27(14-12-26)22(30)18-6-7-19(24)33-18/h6-9,15,17,23H,3-5,10-14H2,1-2H3. The van der Waals surface area contributed by atoms with E-state index in [-0.39, 0.29) is 17.9 Å². The number of piperazine rings is 1. The fourth-order valence-corrected chi connectivity index (χ4v) is 4.82. The molecule has 0 radical (unpaired) electrons. The number of piperidine rings is 1. The highest BCUT2D eigenvalue weighted by Crippen LogP contribution is 2.25. The molecule has 2 aliphatic rings. The number of aromatic nitrogens is 1. The van der Waals surface area contributed by atoms with Crippen LogP contribution in [0.1, 0.15) is 40.2 Å². The van der Waals surface area contributed by atoms with Crippen molar-refractivity contribution in [3.05, 3.63) is 46.5 Å². The first-order chi connectivity index (χ1) is 16.0. The number of amides is 2. The lowest BCUT2D eigenvalue weighted by Crippen LogP contribution is -2.51. The molecule has 4 heterocycles. The number of hydrogen-bond acceptors (Lipinski definition) is 7. The topological polar surface area (TPSA) is 88.4 Å². The molecule has 2 fully saturated rings. The van der Waals surface area contributed by atoms with Gasteiger partial charge in [-0.25, -0.2) is 4.98 Å². The summed E-state index contributed by atoms with van der Waals surface area (Å²) < 4.78 is 16.8. The Morgan fingerprint density at radius 2 is 1.82 bits per heavy atom. The second-order valence-electron chi connectivity index (χ2n) is 8.19. The third-order valence-corrected chi connectivity index (χ3v) is 6.68. The zero-order valence-electron chi connectivity index (χ0n) is 18.9. The summed E-state index contributed by atoms with van der Waals surface area (Å²) in [5.74, 6) is 0.888. The highest BCUT2D eigenvalue weighted by molar-refractivity contribution is 9.10. The monoisotopic (exact) mass is 520 g/mol. The minimum atomic E-state index is -0.448. The predicted octanol–water partition coefficient (Wildman–Crippen LogP) is 3.01. The van der Waals surface area contributed by atoms with Crippen molar-refractivity contribution in [2.24, 2.45) is 0 Å². The first kappa shape index (κ1) is 23.7. The molecule has 2 saturated heterocycles. The van der Waals surface area contributed by atoms with Crippen molar-refractivity contribution in [3.8, 4) is 0 Å². The summed E-state index contributed by atoms with van der Waals surface area (Å²) in [6.07, 6.45) is 4.07. The summed E-state index contributed by atoms with van der Waals surface area (Å²) >= 11 is 3.23. The Morgan fingerprint density at radius 3 is 2.48 bits per heavy atom. The van der Waals surface area contributed by atoms with Crippen molar-refractivity contribution in [2.45, 2.75) is 31.6 Å². The molecule has 0 bridgehead atoms. The van der Waals surface area contributed by atoms with Crippen LogP contribution >= 0.6 is 15.9 Å². The quantitative estimate of drug-likeness (QED) is 0.540. The SMILES string of the molecule is COC(OC)C1CCCCN1C(=O)c1ccnc(N2CCN(C(=O)c3ccc(Br)o3)CC2)c1. The van der Waals surface area contributed by atoms with Gasteiger partial charge >= 0.3 is 0 Å². The largest absolute Gasteiger partial charge is 0.444 e. The van der Waals surface area contributed by atoms with Crippen LogP contribution < -0.4 is 4.90 Å². The molecular weight excluding hydrogens is 492 g/mol. The number of nitrogens with zero attached hydrogens (tertiary/aromatic N) is 4. The molecule has 2 aromatic heterocycles. The van der Waals surface area contributed by atoms with E-state index in [4.69, 9.17) is 13.9 Å². The van der Waals surface area contributed by atoms with Crippen LogP contribution in [0.4, 0.5) is 5.82 Å². The van der Waals surface area contributed by atoms with Crippen molar-refractivity contribution < 1.29 is 23.5 Å². The maximum atomic E-state index is 13.4. The van der Waals surface area contributed by atoms with Crippen LogP contribution in [0.5, 0.6) is 0 Å². The van der Waals surface area contributed by atoms with Crippen LogP contribution in [0.15, 0.2) is 39.5 Å². The average Bonchev–Trinajstić information content (AvgIpc) is 3.30. The summed E-state index contributed by atoms with van der Waals surface area (Å²) in [5, 5.41) is 0. The molecule has 2 aliphatic heterocycles. The van der Waals surface area contributed by atoms with E-state index in [9.17, 15) is 9.59 Å². The van der Waals surface area contributed by atoms with E-state index in [1.165, 1.54) is 0 Å². The summed E-state index contributed by atoms with van der Waals surface area (Å²) in [6, 6.07) is 6.85. The number of ether oxygens (including phenoxy) is 2. The van der Waals surface area contributed by atoms with Gasteiger partial charge in [0.1, 0.15) is 5.82 Å². The molecule has 10 heteroatoms. The Bertz CT molecular complexity index is 971. The number of likely N-dealkylation sites (tertiary alicyclic amines) is 1. The first-order valence-electron chi connectivity index (χ1n) is 11.1. The summed E-state index contributed by atoms with van der Waals surface area (Å²) in [7, 11) is 3.20.